The fourth-order valence-electron chi connectivity index (χ4n) is 4.58. The van der Waals surface area contributed by atoms with E-state index < -0.39 is 11.7 Å². The third-order valence-electron chi connectivity index (χ3n) is 6.34. The lowest BCUT2D eigenvalue weighted by atomic mass is 10.0. The molecule has 2 aliphatic rings. The van der Waals surface area contributed by atoms with Gasteiger partial charge >= 0.3 is 6.18 Å². The Hall–Kier alpha value is -1.93. The predicted octanol–water partition coefficient (Wildman–Crippen LogP) is 5.62. The van der Waals surface area contributed by atoms with Crippen molar-refractivity contribution in [2.45, 2.75) is 57.7 Å². The van der Waals surface area contributed by atoms with E-state index in [9.17, 15) is 18.0 Å². The molecule has 0 unspecified atom stereocenters. The highest BCUT2D eigenvalue weighted by molar-refractivity contribution is 7.17. The van der Waals surface area contributed by atoms with Gasteiger partial charge in [-0.2, -0.15) is 13.2 Å². The summed E-state index contributed by atoms with van der Waals surface area (Å²) in [6.45, 7) is 5.51. The molecule has 0 N–H and O–H groups in total. The maximum Gasteiger partial charge on any atom is 0.416 e. The van der Waals surface area contributed by atoms with Gasteiger partial charge in [0.25, 0.3) is 5.91 Å². The zero-order valence-corrected chi connectivity index (χ0v) is 18.6. The van der Waals surface area contributed by atoms with Crippen LogP contribution in [0.1, 0.15) is 59.5 Å². The molecule has 4 nitrogen and oxygen atoms in total. The molecule has 0 aliphatic carbocycles. The number of carbonyl (C=O) groups is 1. The molecular formula is C23H28F3N3OS. The number of rotatable bonds is 3. The molecule has 1 aromatic heterocycles. The SMILES string of the molecule is Cc1nc(-c2cccc(C(F)(F)F)c2)sc1C(=O)N1CCC(N2CCCCCC2)CC1. The molecule has 0 radical (unpaired) electrons. The van der Waals surface area contributed by atoms with Gasteiger partial charge in [-0.3, -0.25) is 4.79 Å². The van der Waals surface area contributed by atoms with Gasteiger partial charge in [-0.1, -0.05) is 25.0 Å². The van der Waals surface area contributed by atoms with E-state index >= 15 is 0 Å². The normalized spacial score (nSPS) is 19.4. The summed E-state index contributed by atoms with van der Waals surface area (Å²) in [7, 11) is 0. The zero-order chi connectivity index (χ0) is 22.0. The van der Waals surface area contributed by atoms with E-state index in [1.54, 1.807) is 13.0 Å². The van der Waals surface area contributed by atoms with Crippen LogP contribution in [0.2, 0.25) is 0 Å². The molecule has 4 rings (SSSR count). The number of nitrogens with zero attached hydrogens (tertiary/aromatic N) is 3. The Labute approximate surface area is 185 Å². The molecular weight excluding hydrogens is 423 g/mol. The van der Waals surface area contributed by atoms with Crippen LogP contribution in [0.3, 0.4) is 0 Å². The number of carbonyl (C=O) groups excluding carboxylic acids is 1. The van der Waals surface area contributed by atoms with E-state index in [0.29, 0.717) is 27.2 Å². The van der Waals surface area contributed by atoms with Gasteiger partial charge in [-0.05, 0) is 57.8 Å². The van der Waals surface area contributed by atoms with Crippen molar-refractivity contribution in [3.8, 4) is 10.6 Å². The number of aryl methyl sites for hydroxylation is 1. The van der Waals surface area contributed by atoms with Crippen LogP contribution in [0.5, 0.6) is 0 Å². The number of alkyl halides is 3. The number of piperidine rings is 1. The van der Waals surface area contributed by atoms with Gasteiger partial charge in [0.1, 0.15) is 9.88 Å². The van der Waals surface area contributed by atoms with Crippen molar-refractivity contribution < 1.29 is 18.0 Å². The van der Waals surface area contributed by atoms with Crippen LogP contribution >= 0.6 is 11.3 Å². The summed E-state index contributed by atoms with van der Waals surface area (Å²) in [5, 5.41) is 0.450. The molecule has 2 aromatic rings. The van der Waals surface area contributed by atoms with Crippen molar-refractivity contribution in [1.29, 1.82) is 0 Å². The average Bonchev–Trinajstić information content (AvgIpc) is 2.96. The first-order chi connectivity index (χ1) is 14.8. The smallest absolute Gasteiger partial charge is 0.338 e. The van der Waals surface area contributed by atoms with Gasteiger partial charge in [0.05, 0.1) is 11.3 Å². The molecule has 31 heavy (non-hydrogen) atoms. The molecule has 2 aliphatic heterocycles. The van der Waals surface area contributed by atoms with Crippen LogP contribution in [0.4, 0.5) is 13.2 Å². The fraction of sp³-hybridized carbons (Fsp3) is 0.565. The Morgan fingerprint density at radius 2 is 1.74 bits per heavy atom. The monoisotopic (exact) mass is 451 g/mol. The molecule has 2 fully saturated rings. The maximum atomic E-state index is 13.1. The van der Waals surface area contributed by atoms with E-state index in [1.807, 2.05) is 4.90 Å². The van der Waals surface area contributed by atoms with Crippen LogP contribution < -0.4 is 0 Å². The van der Waals surface area contributed by atoms with Gasteiger partial charge < -0.3 is 9.80 Å². The molecule has 0 saturated carbocycles. The van der Waals surface area contributed by atoms with Gasteiger partial charge in [-0.25, -0.2) is 4.98 Å². The maximum absolute atomic E-state index is 13.1. The lowest BCUT2D eigenvalue weighted by molar-refractivity contribution is -0.137. The van der Waals surface area contributed by atoms with E-state index in [1.165, 1.54) is 43.1 Å². The molecule has 2 saturated heterocycles. The fourth-order valence-corrected chi connectivity index (χ4v) is 5.62. The molecule has 8 heteroatoms. The quantitative estimate of drug-likeness (QED) is 0.608. The predicted molar refractivity (Wildman–Crippen MR) is 116 cm³/mol. The molecule has 0 bridgehead atoms. The Morgan fingerprint density at radius 3 is 2.39 bits per heavy atom. The lowest BCUT2D eigenvalue weighted by Crippen LogP contribution is -2.47. The first-order valence-electron chi connectivity index (χ1n) is 11.0. The highest BCUT2D eigenvalue weighted by Crippen LogP contribution is 2.35. The Kier molecular flexibility index (Phi) is 6.67. The van der Waals surface area contributed by atoms with Crippen LogP contribution in [0.25, 0.3) is 10.6 Å². The van der Waals surface area contributed by atoms with Gasteiger partial charge in [0.15, 0.2) is 0 Å². The van der Waals surface area contributed by atoms with E-state index in [2.05, 4.69) is 9.88 Å². The minimum Gasteiger partial charge on any atom is -0.338 e. The lowest BCUT2D eigenvalue weighted by Gasteiger charge is -2.38. The number of aromatic nitrogens is 1. The van der Waals surface area contributed by atoms with Crippen molar-refractivity contribution in [1.82, 2.24) is 14.8 Å². The second-order valence-electron chi connectivity index (χ2n) is 8.49. The molecule has 0 atom stereocenters. The third kappa shape index (κ3) is 5.12. The standard InChI is InChI=1S/C23H28F3N3OS/c1-16-20(31-21(27-16)17-7-6-8-18(15-17)23(24,25)26)22(30)29-13-9-19(10-14-29)28-11-4-2-3-5-12-28/h6-8,15,19H,2-5,9-14H2,1H3. The van der Waals surface area contributed by atoms with Crippen molar-refractivity contribution in [3.63, 3.8) is 0 Å². The van der Waals surface area contributed by atoms with Crippen LogP contribution in [0.15, 0.2) is 24.3 Å². The van der Waals surface area contributed by atoms with Gasteiger partial charge in [0, 0.05) is 24.7 Å². The minimum absolute atomic E-state index is 0.0532. The van der Waals surface area contributed by atoms with E-state index in [0.717, 1.165) is 51.2 Å². The van der Waals surface area contributed by atoms with E-state index in [-0.39, 0.29) is 5.91 Å². The molecule has 1 aromatic carbocycles. The van der Waals surface area contributed by atoms with Crippen LogP contribution in [0, 0.1) is 6.92 Å². The summed E-state index contributed by atoms with van der Waals surface area (Å²) in [6.07, 6.45) is 2.70. The summed E-state index contributed by atoms with van der Waals surface area (Å²) in [5.41, 5.74) is 0.264. The number of thiazole rings is 1. The zero-order valence-electron chi connectivity index (χ0n) is 17.7. The third-order valence-corrected chi connectivity index (χ3v) is 7.53. The average molecular weight is 452 g/mol. The second-order valence-corrected chi connectivity index (χ2v) is 9.48. The summed E-state index contributed by atoms with van der Waals surface area (Å²) < 4.78 is 39.1. The first-order valence-corrected chi connectivity index (χ1v) is 11.8. The molecule has 0 spiro atoms. The highest BCUT2D eigenvalue weighted by atomic mass is 32.1. The number of halogens is 3. The van der Waals surface area contributed by atoms with Crippen LogP contribution in [-0.4, -0.2) is 52.9 Å². The minimum atomic E-state index is -4.40. The Balaban J connectivity index is 1.44. The Bertz CT molecular complexity index is 911. The van der Waals surface area contributed by atoms with Gasteiger partial charge in [0.2, 0.25) is 0 Å². The number of amides is 1. The number of benzene rings is 1. The molecule has 168 valence electrons. The topological polar surface area (TPSA) is 36.4 Å². The highest BCUT2D eigenvalue weighted by Gasteiger charge is 2.32. The van der Waals surface area contributed by atoms with Crippen molar-refractivity contribution >= 4 is 17.2 Å². The van der Waals surface area contributed by atoms with E-state index in [4.69, 9.17) is 0 Å². The van der Waals surface area contributed by atoms with Crippen molar-refractivity contribution in [3.05, 3.63) is 40.4 Å². The largest absolute Gasteiger partial charge is 0.416 e. The van der Waals surface area contributed by atoms with Crippen molar-refractivity contribution in [2.24, 2.45) is 0 Å². The number of hydrogen-bond acceptors (Lipinski definition) is 4. The summed E-state index contributed by atoms with van der Waals surface area (Å²) in [4.78, 5) is 22.6. The summed E-state index contributed by atoms with van der Waals surface area (Å²) in [5.74, 6) is -0.0532. The molecule has 3 heterocycles. The van der Waals surface area contributed by atoms with Gasteiger partial charge in [-0.15, -0.1) is 11.3 Å². The number of likely N-dealkylation sites (tertiary alicyclic amines) is 2. The first kappa shape index (κ1) is 22.3. The van der Waals surface area contributed by atoms with Crippen LogP contribution in [-0.2, 0) is 6.18 Å². The van der Waals surface area contributed by atoms with Crippen molar-refractivity contribution in [2.75, 3.05) is 26.2 Å². The second kappa shape index (κ2) is 9.28. The Morgan fingerprint density at radius 1 is 1.06 bits per heavy atom. The summed E-state index contributed by atoms with van der Waals surface area (Å²) >= 11 is 1.19. The molecule has 1 amide bonds. The number of hydrogen-bond donors (Lipinski definition) is 0. The summed E-state index contributed by atoms with van der Waals surface area (Å²) in [6, 6.07) is 5.67.